The van der Waals surface area contributed by atoms with Crippen molar-refractivity contribution in [1.82, 2.24) is 10.3 Å². The number of pyridine rings is 1. The third-order valence-electron chi connectivity index (χ3n) is 1.88. The Morgan fingerprint density at radius 2 is 2.50 bits per heavy atom. The van der Waals surface area contributed by atoms with Crippen molar-refractivity contribution in [2.24, 2.45) is 4.99 Å². The van der Waals surface area contributed by atoms with Gasteiger partial charge in [0.15, 0.2) is 5.17 Å². The molecule has 0 aromatic carbocycles. The monoisotopic (exact) mass is 209 g/mol. The van der Waals surface area contributed by atoms with E-state index in [2.05, 4.69) is 15.3 Å². The zero-order valence-electron chi connectivity index (χ0n) is 7.62. The molecular weight excluding hydrogens is 198 g/mol. The van der Waals surface area contributed by atoms with E-state index in [4.69, 9.17) is 0 Å². The summed E-state index contributed by atoms with van der Waals surface area (Å²) in [5.41, 5.74) is 0.987. The van der Waals surface area contributed by atoms with Crippen molar-refractivity contribution in [2.45, 2.75) is 6.54 Å². The van der Waals surface area contributed by atoms with Crippen LogP contribution in [0.1, 0.15) is 5.56 Å². The molecule has 0 amide bonds. The highest BCUT2D eigenvalue weighted by molar-refractivity contribution is 8.14. The van der Waals surface area contributed by atoms with Crippen molar-refractivity contribution in [1.29, 1.82) is 0 Å². The third kappa shape index (κ3) is 2.38. The second-order valence-corrected chi connectivity index (χ2v) is 4.03. The number of hydrogen-bond acceptors (Lipinski definition) is 4. The van der Waals surface area contributed by atoms with Crippen LogP contribution in [-0.4, -0.2) is 22.4 Å². The van der Waals surface area contributed by atoms with Crippen LogP contribution in [0.2, 0.25) is 0 Å². The fraction of sp³-hybridized carbons (Fsp3) is 0.333. The van der Waals surface area contributed by atoms with E-state index >= 15 is 0 Å². The Bertz CT molecular complexity index is 379. The summed E-state index contributed by atoms with van der Waals surface area (Å²) in [6.07, 6.45) is 1.72. The number of rotatable bonds is 2. The van der Waals surface area contributed by atoms with Crippen molar-refractivity contribution in [3.8, 4) is 0 Å². The first-order valence-corrected chi connectivity index (χ1v) is 5.42. The Hall–Kier alpha value is -1.23. The van der Waals surface area contributed by atoms with Crippen LogP contribution in [0.25, 0.3) is 0 Å². The fourth-order valence-corrected chi connectivity index (χ4v) is 1.91. The average molecular weight is 209 g/mol. The van der Waals surface area contributed by atoms with Gasteiger partial charge in [-0.25, -0.2) is 0 Å². The lowest BCUT2D eigenvalue weighted by atomic mass is 10.3. The molecule has 1 aromatic heterocycles. The normalized spacial score (nSPS) is 15.3. The van der Waals surface area contributed by atoms with E-state index in [1.165, 1.54) is 6.07 Å². The van der Waals surface area contributed by atoms with E-state index in [1.807, 2.05) is 6.07 Å². The number of nitrogens with one attached hydrogen (secondary N) is 2. The maximum absolute atomic E-state index is 10.8. The highest BCUT2D eigenvalue weighted by Crippen LogP contribution is 2.09. The van der Waals surface area contributed by atoms with Crippen molar-refractivity contribution < 1.29 is 0 Å². The molecule has 5 heteroatoms. The highest BCUT2D eigenvalue weighted by Gasteiger charge is 2.05. The van der Waals surface area contributed by atoms with Gasteiger partial charge in [0.2, 0.25) is 5.56 Å². The molecule has 0 radical (unpaired) electrons. The molecule has 2 rings (SSSR count). The number of aromatic amines is 1. The summed E-state index contributed by atoms with van der Waals surface area (Å²) in [6, 6.07) is 3.34. The summed E-state index contributed by atoms with van der Waals surface area (Å²) < 4.78 is 0. The SMILES string of the molecule is O=c1ccc(CNC2=NCCS2)c[nH]1. The van der Waals surface area contributed by atoms with Crippen LogP contribution < -0.4 is 10.9 Å². The summed E-state index contributed by atoms with van der Waals surface area (Å²) in [7, 11) is 0. The van der Waals surface area contributed by atoms with Crippen LogP contribution in [0, 0.1) is 0 Å². The molecule has 2 heterocycles. The predicted molar refractivity (Wildman–Crippen MR) is 58.7 cm³/mol. The van der Waals surface area contributed by atoms with E-state index in [9.17, 15) is 4.79 Å². The molecule has 0 spiro atoms. The van der Waals surface area contributed by atoms with Gasteiger partial charge in [-0.1, -0.05) is 17.8 Å². The first-order chi connectivity index (χ1) is 6.84. The number of thioether (sulfide) groups is 1. The van der Waals surface area contributed by atoms with E-state index < -0.39 is 0 Å². The molecule has 2 N–H and O–H groups in total. The Morgan fingerprint density at radius 3 is 3.14 bits per heavy atom. The molecule has 4 nitrogen and oxygen atoms in total. The van der Waals surface area contributed by atoms with Gasteiger partial charge < -0.3 is 10.3 Å². The fourth-order valence-electron chi connectivity index (χ4n) is 1.17. The Kier molecular flexibility index (Phi) is 2.88. The number of H-pyrrole nitrogens is 1. The van der Waals surface area contributed by atoms with Crippen LogP contribution in [0.4, 0.5) is 0 Å². The zero-order valence-corrected chi connectivity index (χ0v) is 8.43. The Labute approximate surface area is 85.8 Å². The quantitative estimate of drug-likeness (QED) is 0.748. The van der Waals surface area contributed by atoms with Crippen molar-refractivity contribution in [3.05, 3.63) is 34.2 Å². The van der Waals surface area contributed by atoms with E-state index in [0.29, 0.717) is 6.54 Å². The van der Waals surface area contributed by atoms with Gasteiger partial charge in [-0.05, 0) is 5.56 Å². The van der Waals surface area contributed by atoms with Gasteiger partial charge in [0, 0.05) is 24.6 Å². The molecule has 1 aliphatic heterocycles. The summed E-state index contributed by atoms with van der Waals surface area (Å²) in [5, 5.41) is 4.20. The summed E-state index contributed by atoms with van der Waals surface area (Å²) >= 11 is 1.73. The molecule has 1 aliphatic rings. The van der Waals surface area contributed by atoms with Gasteiger partial charge in [-0.3, -0.25) is 9.79 Å². The zero-order chi connectivity index (χ0) is 9.80. The molecule has 0 saturated heterocycles. The second-order valence-electron chi connectivity index (χ2n) is 2.95. The molecule has 0 aliphatic carbocycles. The highest BCUT2D eigenvalue weighted by atomic mass is 32.2. The number of aromatic nitrogens is 1. The average Bonchev–Trinajstić information content (AvgIpc) is 2.70. The minimum atomic E-state index is -0.0682. The van der Waals surface area contributed by atoms with Gasteiger partial charge in [0.05, 0.1) is 6.54 Å². The van der Waals surface area contributed by atoms with Crippen LogP contribution >= 0.6 is 11.8 Å². The van der Waals surface area contributed by atoms with Gasteiger partial charge in [-0.15, -0.1) is 0 Å². The summed E-state index contributed by atoms with van der Waals surface area (Å²) in [4.78, 5) is 17.7. The predicted octanol–water partition coefficient (Wildman–Crippen LogP) is 0.567. The summed E-state index contributed by atoms with van der Waals surface area (Å²) in [5.74, 6) is 1.06. The maximum Gasteiger partial charge on any atom is 0.247 e. The molecule has 0 saturated carbocycles. The largest absolute Gasteiger partial charge is 0.361 e. The van der Waals surface area contributed by atoms with Gasteiger partial charge in [-0.2, -0.15) is 0 Å². The van der Waals surface area contributed by atoms with Crippen molar-refractivity contribution in [3.63, 3.8) is 0 Å². The first kappa shape index (κ1) is 9.33. The number of nitrogens with zero attached hydrogens (tertiary/aromatic N) is 1. The van der Waals surface area contributed by atoms with Gasteiger partial charge in [0.1, 0.15) is 0 Å². The van der Waals surface area contributed by atoms with E-state index in [-0.39, 0.29) is 5.56 Å². The first-order valence-electron chi connectivity index (χ1n) is 4.43. The molecule has 74 valence electrons. The Balaban J connectivity index is 1.91. The molecule has 14 heavy (non-hydrogen) atoms. The third-order valence-corrected chi connectivity index (χ3v) is 2.81. The molecular formula is C9H11N3OS. The van der Waals surface area contributed by atoms with Crippen LogP contribution in [0.3, 0.4) is 0 Å². The molecule has 0 atom stereocenters. The van der Waals surface area contributed by atoms with Crippen LogP contribution in [0.5, 0.6) is 0 Å². The van der Waals surface area contributed by atoms with E-state index in [1.54, 1.807) is 18.0 Å². The molecule has 1 aromatic rings. The van der Waals surface area contributed by atoms with Crippen molar-refractivity contribution >= 4 is 16.9 Å². The minimum absolute atomic E-state index is 0.0682. The number of aliphatic imine (C=N–C) groups is 1. The smallest absolute Gasteiger partial charge is 0.247 e. The van der Waals surface area contributed by atoms with Gasteiger partial charge in [0.25, 0.3) is 0 Å². The number of hydrogen-bond donors (Lipinski definition) is 2. The molecule has 0 unspecified atom stereocenters. The lowest BCUT2D eigenvalue weighted by Gasteiger charge is -2.03. The summed E-state index contributed by atoms with van der Waals surface area (Å²) in [6.45, 7) is 1.61. The van der Waals surface area contributed by atoms with Crippen LogP contribution in [0.15, 0.2) is 28.1 Å². The molecule has 0 fully saturated rings. The second kappa shape index (κ2) is 4.32. The lowest BCUT2D eigenvalue weighted by molar-refractivity contribution is 0.911. The minimum Gasteiger partial charge on any atom is -0.361 e. The lowest BCUT2D eigenvalue weighted by Crippen LogP contribution is -2.18. The van der Waals surface area contributed by atoms with Crippen molar-refractivity contribution in [2.75, 3.05) is 12.3 Å². The van der Waals surface area contributed by atoms with E-state index in [0.717, 1.165) is 23.0 Å². The molecule has 0 bridgehead atoms. The number of amidine groups is 1. The Morgan fingerprint density at radius 1 is 1.57 bits per heavy atom. The standard InChI is InChI=1S/C9H11N3OS/c13-8-2-1-7(5-11-8)6-12-9-10-3-4-14-9/h1-2,5H,3-4,6H2,(H,10,12)(H,11,13). The maximum atomic E-state index is 10.8. The topological polar surface area (TPSA) is 57.2 Å². The van der Waals surface area contributed by atoms with Crippen LogP contribution in [-0.2, 0) is 6.54 Å². The van der Waals surface area contributed by atoms with Gasteiger partial charge >= 0.3 is 0 Å².